The number of benzene rings is 1. The molecule has 106 valence electrons. The Morgan fingerprint density at radius 1 is 1.37 bits per heavy atom. The monoisotopic (exact) mass is 328 g/mol. The summed E-state index contributed by atoms with van der Waals surface area (Å²) in [6, 6.07) is 5.40. The van der Waals surface area contributed by atoms with Crippen LogP contribution in [-0.4, -0.2) is 44.1 Å². The highest BCUT2D eigenvalue weighted by Gasteiger charge is 2.12. The summed E-state index contributed by atoms with van der Waals surface area (Å²) in [7, 11) is 1.57. The van der Waals surface area contributed by atoms with Crippen LogP contribution >= 0.6 is 15.9 Å². The number of nitrogens with one attached hydrogen (secondary N) is 1. The molecule has 0 saturated heterocycles. The van der Waals surface area contributed by atoms with E-state index in [0.717, 1.165) is 24.1 Å². The third kappa shape index (κ3) is 4.84. The van der Waals surface area contributed by atoms with Gasteiger partial charge in [-0.15, -0.1) is 0 Å². The average molecular weight is 329 g/mol. The van der Waals surface area contributed by atoms with Crippen LogP contribution in [0, 0.1) is 0 Å². The topological polar surface area (TPSA) is 41.6 Å². The highest BCUT2D eigenvalue weighted by molar-refractivity contribution is 9.10. The molecule has 0 radical (unpaired) electrons. The summed E-state index contributed by atoms with van der Waals surface area (Å²) in [5.74, 6) is 0.480. The molecular formula is C14H21BrN2O2. The normalized spacial score (nSPS) is 10.6. The predicted octanol–water partition coefficient (Wildman–Crippen LogP) is 2.53. The number of hydrogen-bond donors (Lipinski definition) is 1. The van der Waals surface area contributed by atoms with E-state index in [9.17, 15) is 4.79 Å². The predicted molar refractivity (Wildman–Crippen MR) is 80.8 cm³/mol. The van der Waals surface area contributed by atoms with Crippen molar-refractivity contribution in [3.05, 3.63) is 28.2 Å². The minimum absolute atomic E-state index is 0.106. The lowest BCUT2D eigenvalue weighted by Crippen LogP contribution is -2.34. The molecule has 0 aliphatic carbocycles. The van der Waals surface area contributed by atoms with Gasteiger partial charge < -0.3 is 15.0 Å². The van der Waals surface area contributed by atoms with Crippen molar-refractivity contribution >= 4 is 21.8 Å². The molecule has 5 heteroatoms. The number of nitrogens with zero attached hydrogens (tertiary/aromatic N) is 1. The Bertz CT molecular complexity index is 420. The van der Waals surface area contributed by atoms with Crippen molar-refractivity contribution in [2.24, 2.45) is 0 Å². The van der Waals surface area contributed by atoms with Gasteiger partial charge in [0, 0.05) is 17.6 Å². The van der Waals surface area contributed by atoms with Crippen LogP contribution in [0.4, 0.5) is 0 Å². The second kappa shape index (κ2) is 8.17. The molecule has 0 aliphatic rings. The zero-order valence-electron chi connectivity index (χ0n) is 11.7. The molecule has 0 bridgehead atoms. The molecule has 4 nitrogen and oxygen atoms in total. The first-order valence-corrected chi connectivity index (χ1v) is 7.25. The minimum atomic E-state index is -0.106. The van der Waals surface area contributed by atoms with Gasteiger partial charge in [-0.1, -0.05) is 29.8 Å². The Balaban J connectivity index is 2.60. The van der Waals surface area contributed by atoms with Crippen molar-refractivity contribution in [3.8, 4) is 5.75 Å². The zero-order chi connectivity index (χ0) is 14.3. The van der Waals surface area contributed by atoms with Crippen molar-refractivity contribution in [2.75, 3.05) is 33.3 Å². The van der Waals surface area contributed by atoms with E-state index >= 15 is 0 Å². The summed E-state index contributed by atoms with van der Waals surface area (Å²) in [6.07, 6.45) is 0. The van der Waals surface area contributed by atoms with Crippen LogP contribution in [-0.2, 0) is 0 Å². The van der Waals surface area contributed by atoms with Gasteiger partial charge in [0.25, 0.3) is 5.91 Å². The molecule has 0 fully saturated rings. The summed E-state index contributed by atoms with van der Waals surface area (Å²) in [5, 5.41) is 2.92. The molecule has 0 unspecified atom stereocenters. The Labute approximate surface area is 123 Å². The summed E-state index contributed by atoms with van der Waals surface area (Å²) < 4.78 is 6.06. The molecule has 0 heterocycles. The summed E-state index contributed by atoms with van der Waals surface area (Å²) in [5.41, 5.74) is 0.552. The van der Waals surface area contributed by atoms with Gasteiger partial charge in [0.15, 0.2) is 0 Å². The third-order valence-corrected chi connectivity index (χ3v) is 3.51. The summed E-state index contributed by atoms with van der Waals surface area (Å²) in [6.45, 7) is 7.70. The number of methoxy groups -OCH3 is 1. The number of hydrogen-bond acceptors (Lipinski definition) is 3. The summed E-state index contributed by atoms with van der Waals surface area (Å²) in [4.78, 5) is 14.4. The van der Waals surface area contributed by atoms with E-state index < -0.39 is 0 Å². The fourth-order valence-electron chi connectivity index (χ4n) is 1.82. The molecule has 0 saturated carbocycles. The van der Waals surface area contributed by atoms with Crippen molar-refractivity contribution in [1.29, 1.82) is 0 Å². The van der Waals surface area contributed by atoms with Crippen molar-refractivity contribution in [3.63, 3.8) is 0 Å². The number of halogens is 1. The molecule has 1 amide bonds. The Morgan fingerprint density at radius 2 is 2.05 bits per heavy atom. The van der Waals surface area contributed by atoms with Crippen LogP contribution in [0.2, 0.25) is 0 Å². The quantitative estimate of drug-likeness (QED) is 0.836. The fraction of sp³-hybridized carbons (Fsp3) is 0.500. The van der Waals surface area contributed by atoms with Gasteiger partial charge in [-0.05, 0) is 31.3 Å². The van der Waals surface area contributed by atoms with E-state index in [-0.39, 0.29) is 5.91 Å². The second-order valence-electron chi connectivity index (χ2n) is 4.13. The molecule has 1 aromatic carbocycles. The van der Waals surface area contributed by atoms with E-state index in [1.54, 1.807) is 19.2 Å². The molecule has 0 aromatic heterocycles. The van der Waals surface area contributed by atoms with Gasteiger partial charge in [-0.25, -0.2) is 0 Å². The van der Waals surface area contributed by atoms with Gasteiger partial charge in [0.1, 0.15) is 5.75 Å². The van der Waals surface area contributed by atoms with Crippen LogP contribution in [0.25, 0.3) is 0 Å². The SMILES string of the molecule is CCN(CC)CCNC(=O)c1cc(Br)ccc1OC. The van der Waals surface area contributed by atoms with Gasteiger partial charge >= 0.3 is 0 Å². The van der Waals surface area contributed by atoms with E-state index in [2.05, 4.69) is 40.0 Å². The van der Waals surface area contributed by atoms with Gasteiger partial charge in [0.2, 0.25) is 0 Å². The van der Waals surface area contributed by atoms with Crippen LogP contribution < -0.4 is 10.1 Å². The number of rotatable bonds is 7. The van der Waals surface area contributed by atoms with E-state index in [0.29, 0.717) is 17.9 Å². The molecule has 1 aromatic rings. The molecule has 1 rings (SSSR count). The number of carbonyl (C=O) groups excluding carboxylic acids is 1. The van der Waals surface area contributed by atoms with Gasteiger partial charge in [-0.2, -0.15) is 0 Å². The largest absolute Gasteiger partial charge is 0.496 e. The molecular weight excluding hydrogens is 308 g/mol. The first-order valence-electron chi connectivity index (χ1n) is 6.46. The van der Waals surface area contributed by atoms with Gasteiger partial charge in [-0.3, -0.25) is 4.79 Å². The first-order chi connectivity index (χ1) is 9.12. The van der Waals surface area contributed by atoms with E-state index in [1.807, 2.05) is 6.07 Å². The van der Waals surface area contributed by atoms with E-state index in [4.69, 9.17) is 4.74 Å². The minimum Gasteiger partial charge on any atom is -0.496 e. The number of ether oxygens (including phenoxy) is 1. The lowest BCUT2D eigenvalue weighted by atomic mass is 10.2. The Hall–Kier alpha value is -1.07. The molecule has 0 spiro atoms. The standard InChI is InChI=1S/C14H21BrN2O2/c1-4-17(5-2)9-8-16-14(18)12-10-11(15)6-7-13(12)19-3/h6-7,10H,4-5,8-9H2,1-3H3,(H,16,18). The maximum atomic E-state index is 12.1. The zero-order valence-corrected chi connectivity index (χ0v) is 13.3. The Morgan fingerprint density at radius 3 is 2.63 bits per heavy atom. The third-order valence-electron chi connectivity index (χ3n) is 3.01. The molecule has 0 aliphatic heterocycles. The molecule has 0 atom stereocenters. The Kier molecular flexibility index (Phi) is 6.87. The van der Waals surface area contributed by atoms with Crippen molar-refractivity contribution in [2.45, 2.75) is 13.8 Å². The number of amides is 1. The van der Waals surface area contributed by atoms with Crippen LogP contribution in [0.5, 0.6) is 5.75 Å². The lowest BCUT2D eigenvalue weighted by molar-refractivity contribution is 0.0946. The van der Waals surface area contributed by atoms with E-state index in [1.165, 1.54) is 0 Å². The van der Waals surface area contributed by atoms with Crippen molar-refractivity contribution < 1.29 is 9.53 Å². The fourth-order valence-corrected chi connectivity index (χ4v) is 2.18. The van der Waals surface area contributed by atoms with Crippen LogP contribution in [0.15, 0.2) is 22.7 Å². The average Bonchev–Trinajstić information content (AvgIpc) is 2.43. The lowest BCUT2D eigenvalue weighted by Gasteiger charge is -2.18. The highest BCUT2D eigenvalue weighted by atomic mass is 79.9. The first kappa shape index (κ1) is 16.0. The van der Waals surface area contributed by atoms with Crippen LogP contribution in [0.1, 0.15) is 24.2 Å². The smallest absolute Gasteiger partial charge is 0.255 e. The molecule has 19 heavy (non-hydrogen) atoms. The second-order valence-corrected chi connectivity index (χ2v) is 5.04. The number of carbonyl (C=O) groups is 1. The summed E-state index contributed by atoms with van der Waals surface area (Å²) >= 11 is 3.36. The maximum Gasteiger partial charge on any atom is 0.255 e. The highest BCUT2D eigenvalue weighted by Crippen LogP contribution is 2.22. The van der Waals surface area contributed by atoms with Crippen LogP contribution in [0.3, 0.4) is 0 Å². The van der Waals surface area contributed by atoms with Crippen molar-refractivity contribution in [1.82, 2.24) is 10.2 Å². The molecule has 1 N–H and O–H groups in total. The van der Waals surface area contributed by atoms with Gasteiger partial charge in [0.05, 0.1) is 12.7 Å². The maximum absolute atomic E-state index is 12.1. The number of likely N-dealkylation sites (N-methyl/N-ethyl adjacent to an activating group) is 1.